The van der Waals surface area contributed by atoms with E-state index in [0.29, 0.717) is 11.6 Å². The molecule has 2 heterocycles. The number of amides is 1. The highest BCUT2D eigenvalue weighted by Crippen LogP contribution is 2.21. The molecule has 1 aliphatic heterocycles. The first kappa shape index (κ1) is 21.6. The maximum atomic E-state index is 13.1. The van der Waals surface area contributed by atoms with Crippen LogP contribution in [0.1, 0.15) is 48.3 Å². The minimum absolute atomic E-state index is 0.122. The standard InChI is InChI=1S/C27H35N3O/c1-3-21-8-7-9-22(18-21)12-15-29-16-13-23(14-17-29)20-30(4-2)27(31)26-19-24-10-5-6-11-25(24)28-26/h5-11,18-19,23,28H,3-4,12-17,20H2,1-2H3. The Morgan fingerprint density at radius 3 is 2.55 bits per heavy atom. The van der Waals surface area contributed by atoms with E-state index in [9.17, 15) is 4.79 Å². The van der Waals surface area contributed by atoms with Crippen molar-refractivity contribution in [2.24, 2.45) is 5.92 Å². The van der Waals surface area contributed by atoms with Crippen molar-refractivity contribution in [1.29, 1.82) is 0 Å². The van der Waals surface area contributed by atoms with Crippen LogP contribution in [0.25, 0.3) is 10.9 Å². The number of nitrogens with one attached hydrogen (secondary N) is 1. The zero-order valence-electron chi connectivity index (χ0n) is 18.9. The van der Waals surface area contributed by atoms with E-state index >= 15 is 0 Å². The number of piperidine rings is 1. The lowest BCUT2D eigenvalue weighted by molar-refractivity contribution is 0.0697. The molecule has 1 fully saturated rings. The molecule has 1 N–H and O–H groups in total. The first-order chi connectivity index (χ1) is 15.2. The number of carbonyl (C=O) groups is 1. The molecule has 4 nitrogen and oxygen atoms in total. The maximum absolute atomic E-state index is 13.1. The van der Waals surface area contributed by atoms with E-state index in [1.165, 1.54) is 24.0 Å². The molecule has 4 heteroatoms. The third kappa shape index (κ3) is 5.37. The maximum Gasteiger partial charge on any atom is 0.270 e. The van der Waals surface area contributed by atoms with E-state index in [4.69, 9.17) is 0 Å². The lowest BCUT2D eigenvalue weighted by Gasteiger charge is -2.34. The minimum Gasteiger partial charge on any atom is -0.351 e. The van der Waals surface area contributed by atoms with Gasteiger partial charge >= 0.3 is 0 Å². The molecule has 4 rings (SSSR count). The molecular formula is C27H35N3O. The van der Waals surface area contributed by atoms with Crippen LogP contribution in [0.2, 0.25) is 0 Å². The lowest BCUT2D eigenvalue weighted by Crippen LogP contribution is -2.41. The zero-order chi connectivity index (χ0) is 21.6. The third-order valence-corrected chi connectivity index (χ3v) is 6.73. The predicted octanol–water partition coefficient (Wildman–Crippen LogP) is 5.15. The van der Waals surface area contributed by atoms with E-state index in [2.05, 4.69) is 48.0 Å². The van der Waals surface area contributed by atoms with Crippen molar-refractivity contribution in [3.8, 4) is 0 Å². The van der Waals surface area contributed by atoms with Crippen molar-refractivity contribution in [3.05, 3.63) is 71.4 Å². The van der Waals surface area contributed by atoms with Gasteiger partial charge < -0.3 is 14.8 Å². The highest BCUT2D eigenvalue weighted by atomic mass is 16.2. The fourth-order valence-corrected chi connectivity index (χ4v) is 4.71. The van der Waals surface area contributed by atoms with Gasteiger partial charge in [-0.2, -0.15) is 0 Å². The Morgan fingerprint density at radius 2 is 1.81 bits per heavy atom. The van der Waals surface area contributed by atoms with Crippen LogP contribution in [0.3, 0.4) is 0 Å². The molecule has 3 aromatic rings. The highest BCUT2D eigenvalue weighted by Gasteiger charge is 2.24. The van der Waals surface area contributed by atoms with E-state index in [-0.39, 0.29) is 5.91 Å². The van der Waals surface area contributed by atoms with Crippen molar-refractivity contribution < 1.29 is 4.79 Å². The number of benzene rings is 2. The van der Waals surface area contributed by atoms with E-state index in [1.54, 1.807) is 0 Å². The van der Waals surface area contributed by atoms with Crippen LogP contribution in [0, 0.1) is 5.92 Å². The predicted molar refractivity (Wildman–Crippen MR) is 129 cm³/mol. The molecular weight excluding hydrogens is 382 g/mol. The van der Waals surface area contributed by atoms with Crippen LogP contribution in [-0.2, 0) is 12.8 Å². The van der Waals surface area contributed by atoms with Gasteiger partial charge in [-0.25, -0.2) is 0 Å². The molecule has 0 atom stereocenters. The van der Waals surface area contributed by atoms with Crippen molar-refractivity contribution in [2.45, 2.75) is 39.5 Å². The molecule has 0 bridgehead atoms. The number of hydrogen-bond donors (Lipinski definition) is 1. The van der Waals surface area contributed by atoms with Gasteiger partial charge in [0.25, 0.3) is 5.91 Å². The average molecular weight is 418 g/mol. The summed E-state index contributed by atoms with van der Waals surface area (Å²) in [6.45, 7) is 9.31. The van der Waals surface area contributed by atoms with Crippen molar-refractivity contribution >= 4 is 16.8 Å². The van der Waals surface area contributed by atoms with E-state index in [0.717, 1.165) is 56.5 Å². The quantitative estimate of drug-likeness (QED) is 0.551. The lowest BCUT2D eigenvalue weighted by atomic mass is 9.95. The summed E-state index contributed by atoms with van der Waals surface area (Å²) in [4.78, 5) is 21.0. The minimum atomic E-state index is 0.122. The summed E-state index contributed by atoms with van der Waals surface area (Å²) < 4.78 is 0. The Bertz CT molecular complexity index is 967. The Labute approximate surface area is 186 Å². The van der Waals surface area contributed by atoms with Gasteiger partial charge in [0.2, 0.25) is 0 Å². The number of nitrogens with zero attached hydrogens (tertiary/aromatic N) is 2. The van der Waals surface area contributed by atoms with Crippen LogP contribution < -0.4 is 0 Å². The second kappa shape index (κ2) is 10.1. The summed E-state index contributed by atoms with van der Waals surface area (Å²) in [5.41, 5.74) is 4.60. The Morgan fingerprint density at radius 1 is 1.03 bits per heavy atom. The number of para-hydroxylation sites is 1. The van der Waals surface area contributed by atoms with E-state index < -0.39 is 0 Å². The first-order valence-electron chi connectivity index (χ1n) is 11.8. The summed E-state index contributed by atoms with van der Waals surface area (Å²) >= 11 is 0. The van der Waals surface area contributed by atoms with Crippen molar-refractivity contribution in [1.82, 2.24) is 14.8 Å². The third-order valence-electron chi connectivity index (χ3n) is 6.73. The van der Waals surface area contributed by atoms with Gasteiger partial charge in [-0.1, -0.05) is 49.4 Å². The second-order valence-electron chi connectivity index (χ2n) is 8.82. The summed E-state index contributed by atoms with van der Waals surface area (Å²) in [5.74, 6) is 0.713. The molecule has 31 heavy (non-hydrogen) atoms. The van der Waals surface area contributed by atoms with Crippen LogP contribution >= 0.6 is 0 Å². The van der Waals surface area contributed by atoms with Crippen LogP contribution in [-0.4, -0.2) is 53.4 Å². The number of H-pyrrole nitrogens is 1. The highest BCUT2D eigenvalue weighted by molar-refractivity contribution is 5.98. The fourth-order valence-electron chi connectivity index (χ4n) is 4.71. The monoisotopic (exact) mass is 417 g/mol. The Kier molecular flexibility index (Phi) is 7.08. The molecule has 0 aliphatic carbocycles. The molecule has 0 radical (unpaired) electrons. The van der Waals surface area contributed by atoms with Gasteiger partial charge in [-0.15, -0.1) is 0 Å². The molecule has 1 aliphatic rings. The van der Waals surface area contributed by atoms with Crippen LogP contribution in [0.4, 0.5) is 0 Å². The van der Waals surface area contributed by atoms with Crippen molar-refractivity contribution in [3.63, 3.8) is 0 Å². The van der Waals surface area contributed by atoms with Gasteiger partial charge in [0, 0.05) is 30.5 Å². The SMILES string of the molecule is CCc1cccc(CCN2CCC(CN(CC)C(=O)c3cc4ccccc4[nH]3)CC2)c1. The number of rotatable bonds is 8. The zero-order valence-corrected chi connectivity index (χ0v) is 18.9. The average Bonchev–Trinajstić information content (AvgIpc) is 3.26. The summed E-state index contributed by atoms with van der Waals surface area (Å²) in [5, 5.41) is 1.10. The Hall–Kier alpha value is -2.59. The van der Waals surface area contributed by atoms with Crippen LogP contribution in [0.15, 0.2) is 54.6 Å². The smallest absolute Gasteiger partial charge is 0.270 e. The Balaban J connectivity index is 1.27. The second-order valence-corrected chi connectivity index (χ2v) is 8.82. The van der Waals surface area contributed by atoms with Gasteiger partial charge in [-0.3, -0.25) is 4.79 Å². The summed E-state index contributed by atoms with van der Waals surface area (Å²) in [7, 11) is 0. The van der Waals surface area contributed by atoms with Gasteiger partial charge in [-0.05, 0) is 74.9 Å². The molecule has 1 amide bonds. The first-order valence-corrected chi connectivity index (χ1v) is 11.8. The number of aromatic nitrogens is 1. The van der Waals surface area contributed by atoms with Gasteiger partial charge in [0.15, 0.2) is 0 Å². The summed E-state index contributed by atoms with van der Waals surface area (Å²) in [6, 6.07) is 19.1. The molecule has 164 valence electrons. The number of hydrogen-bond acceptors (Lipinski definition) is 2. The molecule has 1 aromatic heterocycles. The number of carbonyl (C=O) groups excluding carboxylic acids is 1. The number of aryl methyl sites for hydroxylation is 1. The van der Waals surface area contributed by atoms with Crippen molar-refractivity contribution in [2.75, 3.05) is 32.7 Å². The molecule has 0 saturated carbocycles. The molecule has 0 spiro atoms. The topological polar surface area (TPSA) is 39.3 Å². The van der Waals surface area contributed by atoms with Crippen LogP contribution in [0.5, 0.6) is 0 Å². The normalized spacial score (nSPS) is 15.4. The van der Waals surface area contributed by atoms with Gasteiger partial charge in [0.05, 0.1) is 0 Å². The number of aromatic amines is 1. The number of fused-ring (bicyclic) bond motifs is 1. The van der Waals surface area contributed by atoms with E-state index in [1.807, 2.05) is 35.2 Å². The largest absolute Gasteiger partial charge is 0.351 e. The molecule has 2 aromatic carbocycles. The molecule has 0 unspecified atom stereocenters. The van der Waals surface area contributed by atoms with Gasteiger partial charge in [0.1, 0.15) is 5.69 Å². The summed E-state index contributed by atoms with van der Waals surface area (Å²) in [6.07, 6.45) is 4.57. The fraction of sp³-hybridized carbons (Fsp3) is 0.444. The number of likely N-dealkylation sites (tertiary alicyclic amines) is 1. The molecule has 1 saturated heterocycles.